The first kappa shape index (κ1) is 14.4. The lowest BCUT2D eigenvalue weighted by atomic mass is 10.1. The van der Waals surface area contributed by atoms with E-state index >= 15 is 0 Å². The van der Waals surface area contributed by atoms with Gasteiger partial charge in [0.1, 0.15) is 11.9 Å². The molecule has 0 bridgehead atoms. The van der Waals surface area contributed by atoms with Crippen LogP contribution in [-0.2, 0) is 12.3 Å². The number of benzene rings is 1. The van der Waals surface area contributed by atoms with Crippen LogP contribution >= 0.6 is 11.8 Å². The quantitative estimate of drug-likeness (QED) is 0.806. The van der Waals surface area contributed by atoms with Gasteiger partial charge in [0.2, 0.25) is 5.16 Å². The average molecular weight is 292 g/mol. The number of nitrogens with one attached hydrogen (secondary N) is 1. The van der Waals surface area contributed by atoms with Crippen LogP contribution in [0.1, 0.15) is 11.1 Å². The summed E-state index contributed by atoms with van der Waals surface area (Å²) in [4.78, 5) is 0. The monoisotopic (exact) mass is 292 g/mol. The van der Waals surface area contributed by atoms with Crippen LogP contribution in [0.4, 0.5) is 4.39 Å². The molecule has 6 nitrogen and oxygen atoms in total. The van der Waals surface area contributed by atoms with E-state index in [2.05, 4.69) is 20.8 Å². The standard InChI is InChI=1S/C12H13FN6S/c1-15-4-5-19-12(16-17-18-19)20-8-9-2-3-11(13)10(6-9)7-14/h2-3,6,15H,4-5,8H2,1H3. The van der Waals surface area contributed by atoms with E-state index in [1.54, 1.807) is 16.8 Å². The summed E-state index contributed by atoms with van der Waals surface area (Å²) in [5, 5.41) is 24.0. The molecule has 104 valence electrons. The molecule has 1 heterocycles. The average Bonchev–Trinajstić information content (AvgIpc) is 2.91. The minimum atomic E-state index is -0.500. The maximum Gasteiger partial charge on any atom is 0.209 e. The fourth-order valence-corrected chi connectivity index (χ4v) is 2.40. The molecule has 8 heteroatoms. The van der Waals surface area contributed by atoms with Gasteiger partial charge in [0, 0.05) is 12.3 Å². The third kappa shape index (κ3) is 3.53. The summed E-state index contributed by atoms with van der Waals surface area (Å²) in [6, 6.07) is 6.34. The van der Waals surface area contributed by atoms with Crippen LogP contribution in [0.2, 0.25) is 0 Å². The number of nitriles is 1. The Kier molecular flexibility index (Phi) is 5.03. The van der Waals surface area contributed by atoms with Gasteiger partial charge in [-0.2, -0.15) is 5.26 Å². The molecule has 2 rings (SSSR count). The molecule has 0 aliphatic rings. The molecule has 0 fully saturated rings. The molecule has 20 heavy (non-hydrogen) atoms. The van der Waals surface area contributed by atoms with Crippen molar-refractivity contribution in [1.29, 1.82) is 5.26 Å². The van der Waals surface area contributed by atoms with Crippen LogP contribution in [0.3, 0.4) is 0 Å². The first-order valence-electron chi connectivity index (χ1n) is 5.96. The molecule has 0 radical (unpaired) electrons. The van der Waals surface area contributed by atoms with Crippen molar-refractivity contribution < 1.29 is 4.39 Å². The largest absolute Gasteiger partial charge is 0.318 e. The van der Waals surface area contributed by atoms with E-state index in [1.807, 2.05) is 13.1 Å². The number of hydrogen-bond acceptors (Lipinski definition) is 6. The highest BCUT2D eigenvalue weighted by Gasteiger charge is 2.08. The first-order chi connectivity index (χ1) is 9.74. The zero-order chi connectivity index (χ0) is 14.4. The molecule has 1 aromatic heterocycles. The van der Waals surface area contributed by atoms with Crippen molar-refractivity contribution in [3.63, 3.8) is 0 Å². The van der Waals surface area contributed by atoms with Gasteiger partial charge >= 0.3 is 0 Å². The van der Waals surface area contributed by atoms with Crippen molar-refractivity contribution in [2.45, 2.75) is 17.5 Å². The Morgan fingerprint density at radius 3 is 3.10 bits per heavy atom. The van der Waals surface area contributed by atoms with Crippen molar-refractivity contribution in [3.05, 3.63) is 35.1 Å². The second-order valence-electron chi connectivity index (χ2n) is 4.00. The van der Waals surface area contributed by atoms with Crippen LogP contribution in [0.5, 0.6) is 0 Å². The molecule has 0 aliphatic heterocycles. The summed E-state index contributed by atoms with van der Waals surface area (Å²) in [6.45, 7) is 1.45. The molecule has 1 aromatic carbocycles. The fourth-order valence-electron chi connectivity index (χ4n) is 1.55. The van der Waals surface area contributed by atoms with E-state index in [9.17, 15) is 4.39 Å². The summed E-state index contributed by atoms with van der Waals surface area (Å²) >= 11 is 1.45. The van der Waals surface area contributed by atoms with E-state index in [0.717, 1.165) is 12.1 Å². The molecule has 0 saturated heterocycles. The highest BCUT2D eigenvalue weighted by Crippen LogP contribution is 2.21. The Labute approximate surface area is 120 Å². The van der Waals surface area contributed by atoms with Gasteiger partial charge in [0.25, 0.3) is 0 Å². The summed E-state index contributed by atoms with van der Waals surface area (Å²) in [5.74, 6) is 0.0784. The third-order valence-electron chi connectivity index (χ3n) is 2.59. The minimum absolute atomic E-state index is 0.0536. The molecular formula is C12H13FN6S. The predicted octanol–water partition coefficient (Wildman–Crippen LogP) is 1.20. The summed E-state index contributed by atoms with van der Waals surface area (Å²) in [5.41, 5.74) is 0.911. The number of likely N-dealkylation sites (N-methyl/N-ethyl adjacent to an activating group) is 1. The zero-order valence-electron chi connectivity index (χ0n) is 10.9. The number of thioether (sulfide) groups is 1. The van der Waals surface area contributed by atoms with E-state index in [0.29, 0.717) is 17.5 Å². The van der Waals surface area contributed by atoms with E-state index in [1.165, 1.54) is 17.8 Å². The maximum atomic E-state index is 13.2. The Morgan fingerprint density at radius 1 is 1.50 bits per heavy atom. The Morgan fingerprint density at radius 2 is 2.35 bits per heavy atom. The van der Waals surface area contributed by atoms with Crippen LogP contribution in [0.15, 0.2) is 23.4 Å². The van der Waals surface area contributed by atoms with Gasteiger partial charge in [-0.25, -0.2) is 9.07 Å². The van der Waals surface area contributed by atoms with E-state index in [-0.39, 0.29) is 5.56 Å². The summed E-state index contributed by atoms with van der Waals surface area (Å²) in [7, 11) is 1.86. The smallest absolute Gasteiger partial charge is 0.209 e. The van der Waals surface area contributed by atoms with Gasteiger partial charge in [-0.1, -0.05) is 17.8 Å². The van der Waals surface area contributed by atoms with Crippen LogP contribution < -0.4 is 5.32 Å². The number of halogens is 1. The molecule has 0 aliphatic carbocycles. The molecule has 2 aromatic rings. The molecule has 1 N–H and O–H groups in total. The fraction of sp³-hybridized carbons (Fsp3) is 0.333. The lowest BCUT2D eigenvalue weighted by Gasteiger charge is -2.04. The van der Waals surface area contributed by atoms with E-state index in [4.69, 9.17) is 5.26 Å². The van der Waals surface area contributed by atoms with Gasteiger partial charge in [-0.15, -0.1) is 5.10 Å². The molecule has 0 atom stereocenters. The lowest BCUT2D eigenvalue weighted by molar-refractivity contribution is 0.530. The van der Waals surface area contributed by atoms with E-state index < -0.39 is 5.82 Å². The van der Waals surface area contributed by atoms with Gasteiger partial charge < -0.3 is 5.32 Å². The van der Waals surface area contributed by atoms with Crippen molar-refractivity contribution in [2.75, 3.05) is 13.6 Å². The number of rotatable bonds is 6. The number of nitrogens with zero attached hydrogens (tertiary/aromatic N) is 5. The third-order valence-corrected chi connectivity index (χ3v) is 3.62. The van der Waals surface area contributed by atoms with Gasteiger partial charge in [-0.05, 0) is 35.2 Å². The Balaban J connectivity index is 2.02. The predicted molar refractivity (Wildman–Crippen MR) is 72.4 cm³/mol. The molecular weight excluding hydrogens is 279 g/mol. The van der Waals surface area contributed by atoms with Crippen LogP contribution in [0.25, 0.3) is 0 Å². The van der Waals surface area contributed by atoms with Crippen LogP contribution in [0, 0.1) is 17.1 Å². The summed E-state index contributed by atoms with van der Waals surface area (Å²) in [6.07, 6.45) is 0. The van der Waals surface area contributed by atoms with Gasteiger partial charge in [-0.3, -0.25) is 0 Å². The van der Waals surface area contributed by atoms with Gasteiger partial charge in [0.05, 0.1) is 12.1 Å². The van der Waals surface area contributed by atoms with Crippen molar-refractivity contribution in [1.82, 2.24) is 25.5 Å². The van der Waals surface area contributed by atoms with Crippen molar-refractivity contribution in [3.8, 4) is 6.07 Å². The number of aromatic nitrogens is 4. The lowest BCUT2D eigenvalue weighted by Crippen LogP contribution is -2.16. The Hall–Kier alpha value is -1.98. The Bertz CT molecular complexity index is 621. The van der Waals surface area contributed by atoms with Crippen molar-refractivity contribution in [2.24, 2.45) is 0 Å². The maximum absolute atomic E-state index is 13.2. The van der Waals surface area contributed by atoms with Crippen LogP contribution in [-0.4, -0.2) is 33.8 Å². The highest BCUT2D eigenvalue weighted by atomic mass is 32.2. The minimum Gasteiger partial charge on any atom is -0.318 e. The molecule has 0 amide bonds. The molecule has 0 unspecified atom stereocenters. The topological polar surface area (TPSA) is 79.4 Å². The first-order valence-corrected chi connectivity index (χ1v) is 6.95. The highest BCUT2D eigenvalue weighted by molar-refractivity contribution is 7.98. The van der Waals surface area contributed by atoms with Crippen molar-refractivity contribution >= 4 is 11.8 Å². The SMILES string of the molecule is CNCCn1nnnc1SCc1ccc(F)c(C#N)c1. The second-order valence-corrected chi connectivity index (χ2v) is 4.95. The zero-order valence-corrected chi connectivity index (χ0v) is 11.7. The molecule has 0 spiro atoms. The second kappa shape index (κ2) is 6.98. The normalized spacial score (nSPS) is 10.4. The number of hydrogen-bond donors (Lipinski definition) is 1. The van der Waals surface area contributed by atoms with Gasteiger partial charge in [0.15, 0.2) is 0 Å². The summed E-state index contributed by atoms with van der Waals surface area (Å²) < 4.78 is 14.9. The molecule has 0 saturated carbocycles. The number of tetrazole rings is 1.